The van der Waals surface area contributed by atoms with E-state index in [0.29, 0.717) is 54.7 Å². The van der Waals surface area contributed by atoms with Crippen molar-refractivity contribution in [1.82, 2.24) is 25.5 Å². The molecule has 3 heterocycles. The average molecular weight is 612 g/mol. The number of aliphatic hydroxyl groups is 1. The van der Waals surface area contributed by atoms with Crippen molar-refractivity contribution in [2.75, 3.05) is 66.7 Å². The molecule has 3 atom stereocenters. The number of nitrogens with zero attached hydrogens (tertiary/aromatic N) is 2. The van der Waals surface area contributed by atoms with E-state index < -0.39 is 10.7 Å². The van der Waals surface area contributed by atoms with Crippen LogP contribution in [0.25, 0.3) is 0 Å². The van der Waals surface area contributed by atoms with Gasteiger partial charge in [0.2, 0.25) is 0 Å². The Hall–Kier alpha value is -3.26. The molecule has 2 saturated heterocycles. The fourth-order valence-electron chi connectivity index (χ4n) is 6.42. The van der Waals surface area contributed by atoms with Gasteiger partial charge in [-0.2, -0.15) is 0 Å². The molecular formula is C32H45N5O7. The lowest BCUT2D eigenvalue weighted by atomic mass is 9.89. The van der Waals surface area contributed by atoms with E-state index in [-0.39, 0.29) is 37.9 Å². The van der Waals surface area contributed by atoms with Crippen molar-refractivity contribution in [3.05, 3.63) is 58.3 Å². The molecule has 3 unspecified atom stereocenters. The summed E-state index contributed by atoms with van der Waals surface area (Å²) in [7, 11) is 3.04. The summed E-state index contributed by atoms with van der Waals surface area (Å²) in [5, 5.41) is 31.5. The molecule has 2 aromatic rings. The van der Waals surface area contributed by atoms with Crippen molar-refractivity contribution in [2.24, 2.45) is 0 Å². The fourth-order valence-corrected chi connectivity index (χ4v) is 6.42. The molecule has 44 heavy (non-hydrogen) atoms. The Labute approximate surface area is 258 Å². The van der Waals surface area contributed by atoms with Crippen LogP contribution in [0, 0.1) is 5.21 Å². The van der Waals surface area contributed by atoms with Gasteiger partial charge in [-0.25, -0.2) is 9.44 Å². The van der Waals surface area contributed by atoms with Crippen molar-refractivity contribution >= 4 is 17.6 Å². The number of hydroxylamine groups is 2. The van der Waals surface area contributed by atoms with Gasteiger partial charge in [-0.3, -0.25) is 10.1 Å². The van der Waals surface area contributed by atoms with Crippen LogP contribution in [0.5, 0.6) is 11.5 Å². The molecule has 2 aromatic carbocycles. The molecule has 0 aromatic heterocycles. The maximum absolute atomic E-state index is 13.4. The maximum Gasteiger partial charge on any atom is 0.421 e. The monoisotopic (exact) mass is 611 g/mol. The summed E-state index contributed by atoms with van der Waals surface area (Å²) in [5.74, 6) is 1.23. The molecule has 12 nitrogen and oxygen atoms in total. The van der Waals surface area contributed by atoms with Crippen LogP contribution in [0.15, 0.2) is 36.4 Å². The third-order valence-corrected chi connectivity index (χ3v) is 8.92. The first kappa shape index (κ1) is 32.1. The molecule has 3 aliphatic heterocycles. The Kier molecular flexibility index (Phi) is 10.7. The van der Waals surface area contributed by atoms with Gasteiger partial charge in [0.15, 0.2) is 11.5 Å². The molecular weight excluding hydrogens is 566 g/mol. The summed E-state index contributed by atoms with van der Waals surface area (Å²) in [4.78, 5) is 27.8. The van der Waals surface area contributed by atoms with Crippen LogP contribution in [0.2, 0.25) is 0 Å². The van der Waals surface area contributed by atoms with Gasteiger partial charge >= 0.3 is 6.03 Å². The number of quaternary nitrogens is 1. The molecule has 0 spiro atoms. The van der Waals surface area contributed by atoms with Crippen LogP contribution >= 0.6 is 0 Å². The highest BCUT2D eigenvalue weighted by atomic mass is 16.6. The first-order valence-electron chi connectivity index (χ1n) is 15.6. The smallest absolute Gasteiger partial charge is 0.421 e. The molecule has 12 heteroatoms. The van der Waals surface area contributed by atoms with E-state index in [1.807, 2.05) is 18.2 Å². The lowest BCUT2D eigenvalue weighted by Gasteiger charge is -2.35. The summed E-state index contributed by atoms with van der Waals surface area (Å²) in [6, 6.07) is 10.7. The van der Waals surface area contributed by atoms with E-state index in [4.69, 9.17) is 14.2 Å². The third-order valence-electron chi connectivity index (χ3n) is 8.92. The van der Waals surface area contributed by atoms with Crippen molar-refractivity contribution in [3.63, 3.8) is 0 Å². The second-order valence-corrected chi connectivity index (χ2v) is 11.7. The molecule has 0 aliphatic carbocycles. The van der Waals surface area contributed by atoms with E-state index in [9.17, 15) is 19.9 Å². The Morgan fingerprint density at radius 3 is 2.59 bits per heavy atom. The molecule has 2 fully saturated rings. The number of carbonyl (C=O) groups is 2. The number of benzene rings is 2. The van der Waals surface area contributed by atoms with Gasteiger partial charge in [-0.1, -0.05) is 12.1 Å². The van der Waals surface area contributed by atoms with Crippen LogP contribution in [0.4, 0.5) is 10.5 Å². The summed E-state index contributed by atoms with van der Waals surface area (Å²) in [6.07, 6.45) is 3.35. The predicted molar refractivity (Wildman–Crippen MR) is 167 cm³/mol. The van der Waals surface area contributed by atoms with Crippen LogP contribution in [-0.4, -0.2) is 101 Å². The molecule has 240 valence electrons. The predicted octanol–water partition coefficient (Wildman–Crippen LogP) is 2.47. The number of carbonyl (C=O) groups excluding carboxylic acids is 2. The number of methoxy groups -OCH3 is 1. The van der Waals surface area contributed by atoms with E-state index >= 15 is 0 Å². The number of ether oxygens (including phenoxy) is 3. The van der Waals surface area contributed by atoms with E-state index in [2.05, 4.69) is 33.0 Å². The number of amides is 3. The number of β-amino-alcohol motifs (C(OH)–C–C–N with tert-alkyl or cyclic N) is 1. The minimum Gasteiger partial charge on any atom is -0.618 e. The number of rotatable bonds is 11. The van der Waals surface area contributed by atoms with E-state index in [0.717, 1.165) is 44.5 Å². The van der Waals surface area contributed by atoms with Crippen molar-refractivity contribution in [2.45, 2.75) is 50.3 Å². The van der Waals surface area contributed by atoms with Gasteiger partial charge in [0.1, 0.15) is 18.4 Å². The minimum atomic E-state index is -1.08. The van der Waals surface area contributed by atoms with Crippen LogP contribution in [0.3, 0.4) is 0 Å². The fraction of sp³-hybridized carbons (Fsp3) is 0.562. The third kappa shape index (κ3) is 7.33. The van der Waals surface area contributed by atoms with Gasteiger partial charge in [-0.15, -0.1) is 0 Å². The Bertz CT molecular complexity index is 1280. The highest BCUT2D eigenvalue weighted by Gasteiger charge is 2.39. The van der Waals surface area contributed by atoms with Crippen LogP contribution in [-0.2, 0) is 11.2 Å². The number of piperidine rings is 2. The molecule has 0 bridgehead atoms. The number of fused-ring (bicyclic) bond motifs is 1. The zero-order valence-corrected chi connectivity index (χ0v) is 25.7. The zero-order valence-electron chi connectivity index (χ0n) is 25.7. The highest BCUT2D eigenvalue weighted by molar-refractivity contribution is 5.94. The number of hydrogen-bond acceptors (Lipinski definition) is 9. The van der Waals surface area contributed by atoms with E-state index in [1.54, 1.807) is 13.2 Å². The molecule has 3 amide bonds. The Morgan fingerprint density at radius 2 is 1.89 bits per heavy atom. The second kappa shape index (κ2) is 14.7. The van der Waals surface area contributed by atoms with Gasteiger partial charge in [-0.05, 0) is 62.0 Å². The zero-order chi connectivity index (χ0) is 31.1. The van der Waals surface area contributed by atoms with Gasteiger partial charge in [0.05, 0.1) is 25.9 Å². The molecule has 5 rings (SSSR count). The average Bonchev–Trinajstić information content (AvgIpc) is 3.37. The van der Waals surface area contributed by atoms with Gasteiger partial charge in [0, 0.05) is 57.3 Å². The standard InChI is InChI=1S/C32H45N5O7/c1-33-32(40)37(41)15-10-25-19-29(28(21-27(25)37)43-18-17-42-2)44-26-7-11-34-30(20-26)35-31(39)24-5-3-22(4-6-24)23-8-12-36(13-9-23)14-16-38/h3-6,19,21,23,26,30,34,38H,7-18,20H2,1-2H3,(H,33,40)(H,35,39). The number of urea groups is 1. The van der Waals surface area contributed by atoms with Crippen molar-refractivity contribution in [1.29, 1.82) is 0 Å². The van der Waals surface area contributed by atoms with Crippen molar-refractivity contribution < 1.29 is 28.9 Å². The lowest BCUT2D eigenvalue weighted by Crippen LogP contribution is -2.52. The second-order valence-electron chi connectivity index (χ2n) is 11.7. The molecule has 4 N–H and O–H groups in total. The molecule has 0 radical (unpaired) electrons. The van der Waals surface area contributed by atoms with Gasteiger partial charge < -0.3 is 40.1 Å². The minimum absolute atomic E-state index is 0.113. The maximum atomic E-state index is 13.4. The molecule has 3 aliphatic rings. The highest BCUT2D eigenvalue weighted by Crippen LogP contribution is 2.43. The number of likely N-dealkylation sites (tertiary alicyclic amines) is 1. The van der Waals surface area contributed by atoms with Crippen molar-refractivity contribution in [3.8, 4) is 11.5 Å². The SMILES string of the molecule is CNC(=O)[N+]1([O-])CCc2cc(OC3CCNC(NC(=O)c4ccc(C5CCN(CCO)CC5)cc4)C3)c(OCCOC)cc21. The largest absolute Gasteiger partial charge is 0.618 e. The number of hydrogen-bond donors (Lipinski definition) is 4. The number of aliphatic hydroxyl groups excluding tert-OH is 1. The Balaban J connectivity index is 1.21. The Morgan fingerprint density at radius 1 is 1.11 bits per heavy atom. The van der Waals surface area contributed by atoms with E-state index in [1.165, 1.54) is 12.6 Å². The van der Waals surface area contributed by atoms with Crippen LogP contribution in [0.1, 0.15) is 53.1 Å². The topological polar surface area (TPSA) is 144 Å². The lowest BCUT2D eigenvalue weighted by molar-refractivity contribution is 0.0857. The molecule has 0 saturated carbocycles. The normalized spacial score (nSPS) is 24.0. The first-order valence-corrected chi connectivity index (χ1v) is 15.6. The van der Waals surface area contributed by atoms with Crippen LogP contribution < -0.4 is 30.1 Å². The first-order chi connectivity index (χ1) is 21.3. The summed E-state index contributed by atoms with van der Waals surface area (Å²) >= 11 is 0. The van der Waals surface area contributed by atoms with Gasteiger partial charge in [0.25, 0.3) is 5.91 Å². The summed E-state index contributed by atoms with van der Waals surface area (Å²) in [5.41, 5.74) is 2.98. The quantitative estimate of drug-likeness (QED) is 0.171. The summed E-state index contributed by atoms with van der Waals surface area (Å²) in [6.45, 7) is 4.26. The summed E-state index contributed by atoms with van der Waals surface area (Å²) < 4.78 is 16.4. The number of nitrogens with one attached hydrogen (secondary N) is 3.